The van der Waals surface area contributed by atoms with Crippen LogP contribution in [0.2, 0.25) is 5.02 Å². The average Bonchev–Trinajstić information content (AvgIpc) is 2.33. The standard InChI is InChI=1S/C12H17ClN2O3S/c1-19(16,17)15-10-2-3-11(13)12(8-10)14-9-4-6-18-7-5-9/h2-3,8-9,14-15H,4-7H2,1H3. The molecule has 0 saturated carbocycles. The van der Waals surface area contributed by atoms with Crippen molar-refractivity contribution in [3.05, 3.63) is 23.2 Å². The Morgan fingerprint density at radius 1 is 1.32 bits per heavy atom. The Balaban J connectivity index is 2.12. The molecule has 0 aromatic heterocycles. The Morgan fingerprint density at radius 2 is 2.00 bits per heavy atom. The number of halogens is 1. The van der Waals surface area contributed by atoms with Gasteiger partial charge in [-0.05, 0) is 31.0 Å². The predicted octanol–water partition coefficient (Wildman–Crippen LogP) is 2.30. The van der Waals surface area contributed by atoms with E-state index in [1.807, 2.05) is 0 Å². The predicted molar refractivity (Wildman–Crippen MR) is 77.4 cm³/mol. The first-order valence-electron chi connectivity index (χ1n) is 6.06. The van der Waals surface area contributed by atoms with Gasteiger partial charge in [0.1, 0.15) is 0 Å². The fourth-order valence-electron chi connectivity index (χ4n) is 1.98. The first kappa shape index (κ1) is 14.4. The number of hydrogen-bond acceptors (Lipinski definition) is 4. The summed E-state index contributed by atoms with van der Waals surface area (Å²) in [5, 5.41) is 3.90. The zero-order chi connectivity index (χ0) is 13.9. The first-order chi connectivity index (χ1) is 8.94. The minimum Gasteiger partial charge on any atom is -0.381 e. The normalized spacial score (nSPS) is 17.2. The number of rotatable bonds is 4. The molecule has 19 heavy (non-hydrogen) atoms. The van der Waals surface area contributed by atoms with E-state index in [1.165, 1.54) is 0 Å². The maximum absolute atomic E-state index is 11.2. The molecule has 1 heterocycles. The molecule has 0 amide bonds. The SMILES string of the molecule is CS(=O)(=O)Nc1ccc(Cl)c(NC2CCOCC2)c1. The quantitative estimate of drug-likeness (QED) is 0.895. The van der Waals surface area contributed by atoms with E-state index in [9.17, 15) is 8.42 Å². The van der Waals surface area contributed by atoms with Crippen LogP contribution in [0.4, 0.5) is 11.4 Å². The lowest BCUT2D eigenvalue weighted by molar-refractivity contribution is 0.0904. The number of benzene rings is 1. The molecule has 0 aliphatic carbocycles. The molecule has 7 heteroatoms. The average molecular weight is 305 g/mol. The second kappa shape index (κ2) is 5.98. The van der Waals surface area contributed by atoms with E-state index in [4.69, 9.17) is 16.3 Å². The molecule has 1 aliphatic heterocycles. The summed E-state index contributed by atoms with van der Waals surface area (Å²) < 4.78 is 30.1. The number of sulfonamides is 1. The number of ether oxygens (including phenoxy) is 1. The van der Waals surface area contributed by atoms with Crippen molar-refractivity contribution in [2.45, 2.75) is 18.9 Å². The summed E-state index contributed by atoms with van der Waals surface area (Å²) in [7, 11) is -3.28. The molecular formula is C12H17ClN2O3S. The lowest BCUT2D eigenvalue weighted by Crippen LogP contribution is -2.28. The summed E-state index contributed by atoms with van der Waals surface area (Å²) >= 11 is 6.12. The molecule has 106 valence electrons. The second-order valence-corrected chi connectivity index (χ2v) is 6.76. The monoisotopic (exact) mass is 304 g/mol. The lowest BCUT2D eigenvalue weighted by atomic mass is 10.1. The molecule has 0 unspecified atom stereocenters. The van der Waals surface area contributed by atoms with Gasteiger partial charge in [-0.25, -0.2) is 8.42 Å². The molecule has 0 spiro atoms. The molecule has 0 atom stereocenters. The molecule has 5 nitrogen and oxygen atoms in total. The zero-order valence-electron chi connectivity index (χ0n) is 10.6. The number of nitrogens with one attached hydrogen (secondary N) is 2. The van der Waals surface area contributed by atoms with Crippen molar-refractivity contribution < 1.29 is 13.2 Å². The van der Waals surface area contributed by atoms with Crippen LogP contribution in [0.15, 0.2) is 18.2 Å². The molecule has 1 fully saturated rings. The van der Waals surface area contributed by atoms with Crippen molar-refractivity contribution in [3.63, 3.8) is 0 Å². The van der Waals surface area contributed by atoms with Gasteiger partial charge >= 0.3 is 0 Å². The van der Waals surface area contributed by atoms with Gasteiger partial charge in [0, 0.05) is 19.3 Å². The van der Waals surface area contributed by atoms with Crippen LogP contribution in [0.1, 0.15) is 12.8 Å². The Morgan fingerprint density at radius 3 is 2.63 bits per heavy atom. The van der Waals surface area contributed by atoms with Gasteiger partial charge in [0.2, 0.25) is 10.0 Å². The topological polar surface area (TPSA) is 67.4 Å². The van der Waals surface area contributed by atoms with E-state index in [0.29, 0.717) is 16.8 Å². The van der Waals surface area contributed by atoms with Crippen molar-refractivity contribution in [3.8, 4) is 0 Å². The van der Waals surface area contributed by atoms with Gasteiger partial charge < -0.3 is 10.1 Å². The van der Waals surface area contributed by atoms with Crippen LogP contribution in [0.5, 0.6) is 0 Å². The van der Waals surface area contributed by atoms with E-state index in [-0.39, 0.29) is 0 Å². The third kappa shape index (κ3) is 4.56. The molecular weight excluding hydrogens is 288 g/mol. The van der Waals surface area contributed by atoms with Crippen molar-refractivity contribution in [1.82, 2.24) is 0 Å². The highest BCUT2D eigenvalue weighted by Crippen LogP contribution is 2.27. The van der Waals surface area contributed by atoms with Gasteiger partial charge in [-0.2, -0.15) is 0 Å². The van der Waals surface area contributed by atoms with Gasteiger partial charge in [0.25, 0.3) is 0 Å². The minimum atomic E-state index is -3.28. The molecule has 1 saturated heterocycles. The highest BCUT2D eigenvalue weighted by molar-refractivity contribution is 7.92. The van der Waals surface area contributed by atoms with E-state index < -0.39 is 10.0 Å². The lowest BCUT2D eigenvalue weighted by Gasteiger charge is -2.25. The first-order valence-corrected chi connectivity index (χ1v) is 8.32. The third-order valence-corrected chi connectivity index (χ3v) is 3.79. The summed E-state index contributed by atoms with van der Waals surface area (Å²) in [6, 6.07) is 5.33. The maximum Gasteiger partial charge on any atom is 0.229 e. The van der Waals surface area contributed by atoms with Gasteiger partial charge in [-0.15, -0.1) is 0 Å². The zero-order valence-corrected chi connectivity index (χ0v) is 12.2. The van der Waals surface area contributed by atoms with Gasteiger partial charge in [-0.1, -0.05) is 11.6 Å². The van der Waals surface area contributed by atoms with Gasteiger partial charge in [0.15, 0.2) is 0 Å². The molecule has 1 aromatic carbocycles. The van der Waals surface area contributed by atoms with Crippen LogP contribution >= 0.6 is 11.6 Å². The second-order valence-electron chi connectivity index (χ2n) is 4.60. The summed E-state index contributed by atoms with van der Waals surface area (Å²) in [6.45, 7) is 1.47. The van der Waals surface area contributed by atoms with Crippen LogP contribution < -0.4 is 10.0 Å². The van der Waals surface area contributed by atoms with Crippen LogP contribution in [0.3, 0.4) is 0 Å². The van der Waals surface area contributed by atoms with Crippen LogP contribution in [0.25, 0.3) is 0 Å². The minimum absolute atomic E-state index is 0.305. The van der Waals surface area contributed by atoms with Crippen LogP contribution in [-0.4, -0.2) is 33.9 Å². The van der Waals surface area contributed by atoms with Gasteiger partial charge in [-0.3, -0.25) is 4.72 Å². The summed E-state index contributed by atoms with van der Waals surface area (Å²) in [5.74, 6) is 0. The van der Waals surface area contributed by atoms with E-state index in [1.54, 1.807) is 18.2 Å². The molecule has 0 bridgehead atoms. The fraction of sp³-hybridized carbons (Fsp3) is 0.500. The molecule has 1 aromatic rings. The van der Waals surface area contributed by atoms with E-state index >= 15 is 0 Å². The van der Waals surface area contributed by atoms with Crippen LogP contribution in [-0.2, 0) is 14.8 Å². The smallest absolute Gasteiger partial charge is 0.229 e. The van der Waals surface area contributed by atoms with E-state index in [2.05, 4.69) is 10.0 Å². The Labute approximate surface area is 118 Å². The molecule has 2 rings (SSSR count). The molecule has 2 N–H and O–H groups in total. The van der Waals surface area contributed by atoms with Crippen LogP contribution in [0, 0.1) is 0 Å². The molecule has 0 radical (unpaired) electrons. The fourth-order valence-corrected chi connectivity index (χ4v) is 2.70. The highest BCUT2D eigenvalue weighted by Gasteiger charge is 2.15. The summed E-state index contributed by atoms with van der Waals surface area (Å²) in [5.41, 5.74) is 1.24. The number of hydrogen-bond donors (Lipinski definition) is 2. The van der Waals surface area contributed by atoms with Gasteiger partial charge in [0.05, 0.1) is 22.7 Å². The van der Waals surface area contributed by atoms with Crippen molar-refractivity contribution in [2.24, 2.45) is 0 Å². The summed E-state index contributed by atoms with van der Waals surface area (Å²) in [6.07, 6.45) is 2.95. The highest BCUT2D eigenvalue weighted by atomic mass is 35.5. The van der Waals surface area contributed by atoms with E-state index in [0.717, 1.165) is 38.0 Å². The molecule has 1 aliphatic rings. The Bertz CT molecular complexity index is 542. The van der Waals surface area contributed by atoms with Crippen molar-refractivity contribution in [2.75, 3.05) is 29.5 Å². The third-order valence-electron chi connectivity index (χ3n) is 2.85. The maximum atomic E-state index is 11.2. The Kier molecular flexibility index (Phi) is 4.54. The Hall–Kier alpha value is -0.980. The largest absolute Gasteiger partial charge is 0.381 e. The summed E-state index contributed by atoms with van der Waals surface area (Å²) in [4.78, 5) is 0. The van der Waals surface area contributed by atoms with Crippen molar-refractivity contribution >= 4 is 33.0 Å². The van der Waals surface area contributed by atoms with Crippen molar-refractivity contribution in [1.29, 1.82) is 0 Å². The number of anilines is 2.